The molecule has 6 heteroatoms. The van der Waals surface area contributed by atoms with Crippen LogP contribution in [0.25, 0.3) is 0 Å². The summed E-state index contributed by atoms with van der Waals surface area (Å²) in [7, 11) is 0. The molecule has 2 aromatic carbocycles. The van der Waals surface area contributed by atoms with Crippen molar-refractivity contribution in [1.29, 1.82) is 0 Å². The Hall–Kier alpha value is -2.60. The average Bonchev–Trinajstić information content (AvgIpc) is 3.00. The molecule has 1 N–H and O–H groups in total. The molecule has 5 nitrogen and oxygen atoms in total. The summed E-state index contributed by atoms with van der Waals surface area (Å²) in [4.78, 5) is 39.6. The minimum absolute atomic E-state index is 0.109. The van der Waals surface area contributed by atoms with Gasteiger partial charge < -0.3 is 5.32 Å². The molecule has 0 bridgehead atoms. The summed E-state index contributed by atoms with van der Waals surface area (Å²) in [6.45, 7) is 0.357. The Morgan fingerprint density at radius 2 is 1.66 bits per heavy atom. The van der Waals surface area contributed by atoms with Gasteiger partial charge in [-0.05, 0) is 43.2 Å². The van der Waals surface area contributed by atoms with Crippen molar-refractivity contribution in [3.8, 4) is 0 Å². The zero-order chi connectivity index (χ0) is 20.2. The number of thioether (sulfide) groups is 1. The van der Waals surface area contributed by atoms with Gasteiger partial charge in [0.15, 0.2) is 0 Å². The Labute approximate surface area is 174 Å². The topological polar surface area (TPSA) is 66.5 Å². The average molecular weight is 409 g/mol. The number of carbonyl (C=O) groups is 3. The highest BCUT2D eigenvalue weighted by atomic mass is 32.2. The molecule has 150 valence electrons. The fourth-order valence-electron chi connectivity index (χ4n) is 3.97. The van der Waals surface area contributed by atoms with Gasteiger partial charge in [0.1, 0.15) is 0 Å². The molecule has 0 aromatic heterocycles. The van der Waals surface area contributed by atoms with E-state index in [0.717, 1.165) is 36.3 Å². The van der Waals surface area contributed by atoms with Gasteiger partial charge in [0, 0.05) is 28.8 Å². The molecular formula is C23H24N2O3S. The number of fused-ring (bicyclic) bond motifs is 1. The normalized spacial score (nSPS) is 16.8. The number of rotatable bonds is 6. The molecule has 0 saturated heterocycles. The third-order valence-corrected chi connectivity index (χ3v) is 6.51. The summed E-state index contributed by atoms with van der Waals surface area (Å²) in [6, 6.07) is 14.7. The Balaban J connectivity index is 1.32. The summed E-state index contributed by atoms with van der Waals surface area (Å²) in [5.41, 5.74) is 1.76. The Morgan fingerprint density at radius 3 is 2.34 bits per heavy atom. The number of nitrogens with one attached hydrogen (secondary N) is 1. The number of nitrogens with zero attached hydrogens (tertiary/aromatic N) is 1. The number of amides is 3. The van der Waals surface area contributed by atoms with Crippen molar-refractivity contribution >= 4 is 35.2 Å². The van der Waals surface area contributed by atoms with E-state index in [2.05, 4.69) is 5.32 Å². The summed E-state index contributed by atoms with van der Waals surface area (Å²) in [5.74, 6) is 0.386. The number of hydrogen-bond acceptors (Lipinski definition) is 4. The van der Waals surface area contributed by atoms with Gasteiger partial charge >= 0.3 is 0 Å². The highest BCUT2D eigenvalue weighted by molar-refractivity contribution is 7.99. The molecule has 0 unspecified atom stereocenters. The van der Waals surface area contributed by atoms with Gasteiger partial charge in [-0.25, -0.2) is 0 Å². The van der Waals surface area contributed by atoms with E-state index < -0.39 is 0 Å². The molecule has 0 atom stereocenters. The lowest BCUT2D eigenvalue weighted by Crippen LogP contribution is -2.31. The zero-order valence-electron chi connectivity index (χ0n) is 16.2. The molecule has 29 heavy (non-hydrogen) atoms. The monoisotopic (exact) mass is 408 g/mol. The van der Waals surface area contributed by atoms with Gasteiger partial charge in [-0.1, -0.05) is 37.5 Å². The minimum atomic E-state index is -0.223. The lowest BCUT2D eigenvalue weighted by Gasteiger charge is -2.20. The molecule has 2 aliphatic rings. The van der Waals surface area contributed by atoms with Gasteiger partial charge in [-0.15, -0.1) is 11.8 Å². The van der Waals surface area contributed by atoms with Crippen LogP contribution >= 0.6 is 11.8 Å². The highest BCUT2D eigenvalue weighted by Gasteiger charge is 2.34. The third kappa shape index (κ3) is 4.37. The fourth-order valence-corrected chi connectivity index (χ4v) is 4.86. The molecule has 2 aromatic rings. The van der Waals surface area contributed by atoms with Gasteiger partial charge in [0.05, 0.1) is 11.1 Å². The van der Waals surface area contributed by atoms with Crippen molar-refractivity contribution in [3.63, 3.8) is 0 Å². The molecule has 1 fully saturated rings. The maximum absolute atomic E-state index is 12.4. The molecule has 3 amide bonds. The first kappa shape index (κ1) is 19.7. The molecule has 1 saturated carbocycles. The van der Waals surface area contributed by atoms with Crippen LogP contribution in [0, 0.1) is 5.92 Å². The van der Waals surface area contributed by atoms with E-state index in [1.54, 1.807) is 36.0 Å². The molecular weight excluding hydrogens is 384 g/mol. The van der Waals surface area contributed by atoms with E-state index in [1.165, 1.54) is 11.3 Å². The van der Waals surface area contributed by atoms with Crippen molar-refractivity contribution in [3.05, 3.63) is 59.7 Å². The second-order valence-corrected chi connectivity index (χ2v) is 8.68. The van der Waals surface area contributed by atoms with Crippen LogP contribution in [-0.4, -0.2) is 34.9 Å². The minimum Gasteiger partial charge on any atom is -0.326 e. The first-order valence-electron chi connectivity index (χ1n) is 10.1. The van der Waals surface area contributed by atoms with Crippen molar-refractivity contribution in [2.75, 3.05) is 17.6 Å². The lowest BCUT2D eigenvalue weighted by molar-refractivity contribution is -0.120. The lowest BCUT2D eigenvalue weighted by atomic mass is 9.88. The smallest absolute Gasteiger partial charge is 0.261 e. The van der Waals surface area contributed by atoms with Crippen molar-refractivity contribution in [2.45, 2.75) is 37.0 Å². The number of carbonyl (C=O) groups excluding carboxylic acids is 3. The van der Waals surface area contributed by atoms with Crippen LogP contribution < -0.4 is 5.32 Å². The second-order valence-electron chi connectivity index (χ2n) is 7.51. The molecule has 1 aliphatic carbocycles. The van der Waals surface area contributed by atoms with Crippen LogP contribution in [-0.2, 0) is 4.79 Å². The Bertz CT molecular complexity index is 902. The van der Waals surface area contributed by atoms with E-state index in [9.17, 15) is 14.4 Å². The standard InChI is InChI=1S/C23H24N2O3S/c26-21(16-7-2-1-3-8-16)24-17-9-6-10-18(15-17)29-14-13-25-22(27)19-11-4-5-12-20(19)23(25)28/h4-6,9-12,15-16H,1-3,7-8,13-14H2,(H,24,26). The number of benzene rings is 2. The Morgan fingerprint density at radius 1 is 0.966 bits per heavy atom. The zero-order valence-corrected chi connectivity index (χ0v) is 17.0. The van der Waals surface area contributed by atoms with Crippen LogP contribution in [0.1, 0.15) is 52.8 Å². The largest absolute Gasteiger partial charge is 0.326 e. The second kappa shape index (κ2) is 8.82. The molecule has 4 rings (SSSR count). The van der Waals surface area contributed by atoms with Crippen LogP contribution in [0.3, 0.4) is 0 Å². The van der Waals surface area contributed by atoms with Crippen molar-refractivity contribution in [1.82, 2.24) is 4.90 Å². The van der Waals surface area contributed by atoms with Crippen LogP contribution in [0.2, 0.25) is 0 Å². The summed E-state index contributed by atoms with van der Waals surface area (Å²) < 4.78 is 0. The van der Waals surface area contributed by atoms with Gasteiger partial charge in [-0.2, -0.15) is 0 Å². The van der Waals surface area contributed by atoms with Crippen molar-refractivity contribution < 1.29 is 14.4 Å². The first-order valence-corrected chi connectivity index (χ1v) is 11.1. The first-order chi connectivity index (χ1) is 14.1. The van der Waals surface area contributed by atoms with Crippen LogP contribution in [0.4, 0.5) is 5.69 Å². The predicted molar refractivity (Wildman–Crippen MR) is 114 cm³/mol. The van der Waals surface area contributed by atoms with Gasteiger partial charge in [0.25, 0.3) is 11.8 Å². The predicted octanol–water partition coefficient (Wildman–Crippen LogP) is 4.59. The van der Waals surface area contributed by atoms with Crippen LogP contribution in [0.15, 0.2) is 53.4 Å². The summed E-state index contributed by atoms with van der Waals surface area (Å²) >= 11 is 1.57. The van der Waals surface area contributed by atoms with E-state index >= 15 is 0 Å². The van der Waals surface area contributed by atoms with E-state index in [4.69, 9.17) is 0 Å². The molecule has 0 spiro atoms. The summed E-state index contributed by atoms with van der Waals surface area (Å²) in [6.07, 6.45) is 5.43. The molecule has 0 radical (unpaired) electrons. The molecule has 1 aliphatic heterocycles. The van der Waals surface area contributed by atoms with Gasteiger partial charge in [-0.3, -0.25) is 19.3 Å². The fraction of sp³-hybridized carbons (Fsp3) is 0.348. The number of imide groups is 1. The SMILES string of the molecule is O=C(Nc1cccc(SCCN2C(=O)c3ccccc3C2=O)c1)C1CCCCC1. The van der Waals surface area contributed by atoms with Crippen LogP contribution in [0.5, 0.6) is 0 Å². The summed E-state index contributed by atoms with van der Waals surface area (Å²) in [5, 5.41) is 3.04. The third-order valence-electron chi connectivity index (χ3n) is 5.54. The van der Waals surface area contributed by atoms with E-state index in [1.807, 2.05) is 24.3 Å². The maximum atomic E-state index is 12.4. The maximum Gasteiger partial charge on any atom is 0.261 e. The number of anilines is 1. The van der Waals surface area contributed by atoms with Crippen molar-refractivity contribution in [2.24, 2.45) is 5.92 Å². The highest BCUT2D eigenvalue weighted by Crippen LogP contribution is 2.27. The quantitative estimate of drug-likeness (QED) is 0.561. The van der Waals surface area contributed by atoms with Gasteiger partial charge in [0.2, 0.25) is 5.91 Å². The van der Waals surface area contributed by atoms with E-state index in [-0.39, 0.29) is 23.6 Å². The number of hydrogen-bond donors (Lipinski definition) is 1. The Kier molecular flexibility index (Phi) is 6.00. The molecule has 1 heterocycles. The van der Waals surface area contributed by atoms with E-state index in [0.29, 0.717) is 23.4 Å².